The molecule has 0 aromatic heterocycles. The largest absolute Gasteiger partial charge is 0.444 e. The van der Waals surface area contributed by atoms with Crippen molar-refractivity contribution in [3.8, 4) is 0 Å². The molecule has 1 fully saturated rings. The third-order valence-corrected chi connectivity index (χ3v) is 5.49. The van der Waals surface area contributed by atoms with Crippen LogP contribution >= 0.6 is 0 Å². The van der Waals surface area contributed by atoms with Crippen molar-refractivity contribution in [3.05, 3.63) is 42.5 Å². The number of rotatable bonds is 5. The van der Waals surface area contributed by atoms with Crippen LogP contribution in [0, 0.1) is 0 Å². The van der Waals surface area contributed by atoms with Gasteiger partial charge in [0.2, 0.25) is 10.0 Å². The molecule has 0 unspecified atom stereocenters. The Hall–Kier alpha value is -2.39. The third-order valence-electron chi connectivity index (χ3n) is 4.05. The first-order valence-corrected chi connectivity index (χ1v) is 10.5. The smallest absolute Gasteiger partial charge is 0.410 e. The van der Waals surface area contributed by atoms with Gasteiger partial charge in [-0.1, -0.05) is 6.08 Å². The van der Waals surface area contributed by atoms with Gasteiger partial charge in [-0.25, -0.2) is 17.9 Å². The highest BCUT2D eigenvalue weighted by Crippen LogP contribution is 2.15. The molecule has 1 aromatic rings. The first-order chi connectivity index (χ1) is 13.0. The Morgan fingerprint density at radius 3 is 2.14 bits per heavy atom. The van der Waals surface area contributed by atoms with E-state index in [-0.39, 0.29) is 23.4 Å². The number of carbonyl (C=O) groups excluding carboxylic acids is 2. The SMILES string of the molecule is C=CCNS(=O)(=O)c1ccc(C(=O)N2CCN(C(=O)OC(C)(C)C)CC2)cc1. The molecule has 1 saturated heterocycles. The van der Waals surface area contributed by atoms with E-state index < -0.39 is 15.6 Å². The molecule has 0 spiro atoms. The van der Waals surface area contributed by atoms with Gasteiger partial charge in [-0.2, -0.15) is 0 Å². The van der Waals surface area contributed by atoms with Gasteiger partial charge in [-0.3, -0.25) is 4.79 Å². The predicted octanol–water partition coefficient (Wildman–Crippen LogP) is 1.84. The van der Waals surface area contributed by atoms with Crippen LogP contribution in [0.4, 0.5) is 4.79 Å². The van der Waals surface area contributed by atoms with E-state index in [0.717, 1.165) is 0 Å². The van der Waals surface area contributed by atoms with Crippen LogP contribution in [0.5, 0.6) is 0 Å². The summed E-state index contributed by atoms with van der Waals surface area (Å²) in [6.45, 7) is 10.6. The van der Waals surface area contributed by atoms with Crippen LogP contribution in [0.1, 0.15) is 31.1 Å². The summed E-state index contributed by atoms with van der Waals surface area (Å²) in [5.74, 6) is -0.202. The molecular formula is C19H27N3O5S. The predicted molar refractivity (Wildman–Crippen MR) is 106 cm³/mol. The van der Waals surface area contributed by atoms with Gasteiger partial charge in [0, 0.05) is 38.3 Å². The quantitative estimate of drug-likeness (QED) is 0.749. The molecule has 1 aromatic carbocycles. The zero-order chi connectivity index (χ0) is 20.9. The number of nitrogens with zero attached hydrogens (tertiary/aromatic N) is 2. The number of hydrogen-bond donors (Lipinski definition) is 1. The first kappa shape index (κ1) is 21.9. The minimum absolute atomic E-state index is 0.0839. The maximum Gasteiger partial charge on any atom is 0.410 e. The second kappa shape index (κ2) is 8.74. The van der Waals surface area contributed by atoms with Crippen LogP contribution in [0.15, 0.2) is 41.8 Å². The van der Waals surface area contributed by atoms with Gasteiger partial charge in [0.25, 0.3) is 5.91 Å². The van der Waals surface area contributed by atoms with Crippen molar-refractivity contribution in [1.29, 1.82) is 0 Å². The molecule has 1 heterocycles. The lowest BCUT2D eigenvalue weighted by atomic mass is 10.2. The fourth-order valence-corrected chi connectivity index (χ4v) is 3.63. The number of hydrogen-bond acceptors (Lipinski definition) is 5. The zero-order valence-corrected chi connectivity index (χ0v) is 17.3. The minimum Gasteiger partial charge on any atom is -0.444 e. The van der Waals surface area contributed by atoms with E-state index in [4.69, 9.17) is 4.74 Å². The average Bonchev–Trinajstić information content (AvgIpc) is 2.65. The van der Waals surface area contributed by atoms with E-state index in [1.54, 1.807) is 9.80 Å². The lowest BCUT2D eigenvalue weighted by molar-refractivity contribution is 0.0141. The topological polar surface area (TPSA) is 96.0 Å². The molecule has 0 radical (unpaired) electrons. The lowest BCUT2D eigenvalue weighted by Crippen LogP contribution is -2.51. The minimum atomic E-state index is -3.63. The van der Waals surface area contributed by atoms with Gasteiger partial charge in [-0.15, -0.1) is 6.58 Å². The molecule has 28 heavy (non-hydrogen) atoms. The number of nitrogens with one attached hydrogen (secondary N) is 1. The van der Waals surface area contributed by atoms with Crippen LogP contribution in [0.2, 0.25) is 0 Å². The summed E-state index contributed by atoms with van der Waals surface area (Å²) in [4.78, 5) is 28.1. The highest BCUT2D eigenvalue weighted by atomic mass is 32.2. The van der Waals surface area contributed by atoms with E-state index >= 15 is 0 Å². The summed E-state index contributed by atoms with van der Waals surface area (Å²) in [5, 5.41) is 0. The monoisotopic (exact) mass is 409 g/mol. The van der Waals surface area contributed by atoms with Crippen molar-refractivity contribution in [2.24, 2.45) is 0 Å². The molecule has 0 aliphatic carbocycles. The molecule has 1 aliphatic heterocycles. The number of ether oxygens (including phenoxy) is 1. The molecule has 0 saturated carbocycles. The Kier molecular flexibility index (Phi) is 6.84. The molecule has 2 rings (SSSR count). The number of sulfonamides is 1. The summed E-state index contributed by atoms with van der Waals surface area (Å²) in [5.41, 5.74) is -0.166. The van der Waals surface area contributed by atoms with E-state index in [2.05, 4.69) is 11.3 Å². The Bertz CT molecular complexity index is 820. The standard InChI is InChI=1S/C19H27N3O5S/c1-5-10-20-28(25,26)16-8-6-15(7-9-16)17(23)21-11-13-22(14-12-21)18(24)27-19(2,3)4/h5-9,20H,1,10-14H2,2-4H3. The summed E-state index contributed by atoms with van der Waals surface area (Å²) >= 11 is 0. The van der Waals surface area contributed by atoms with E-state index in [1.165, 1.54) is 30.3 Å². The molecule has 154 valence electrons. The molecule has 9 heteroatoms. The summed E-state index contributed by atoms with van der Waals surface area (Å²) in [6.07, 6.45) is 1.06. The van der Waals surface area contributed by atoms with Crippen LogP contribution in [-0.2, 0) is 14.8 Å². The normalized spacial score (nSPS) is 15.2. The van der Waals surface area contributed by atoms with Crippen molar-refractivity contribution < 1.29 is 22.7 Å². The second-order valence-corrected chi connectivity index (χ2v) is 9.19. The Morgan fingerprint density at radius 1 is 1.11 bits per heavy atom. The van der Waals surface area contributed by atoms with Crippen molar-refractivity contribution in [2.45, 2.75) is 31.3 Å². The first-order valence-electron chi connectivity index (χ1n) is 9.01. The van der Waals surface area contributed by atoms with Gasteiger partial charge in [0.1, 0.15) is 5.60 Å². The molecule has 0 atom stereocenters. The van der Waals surface area contributed by atoms with E-state index in [1.807, 2.05) is 20.8 Å². The lowest BCUT2D eigenvalue weighted by Gasteiger charge is -2.35. The van der Waals surface area contributed by atoms with Gasteiger partial charge < -0.3 is 14.5 Å². The Morgan fingerprint density at radius 2 is 1.64 bits per heavy atom. The van der Waals surface area contributed by atoms with E-state index in [0.29, 0.717) is 31.7 Å². The van der Waals surface area contributed by atoms with Crippen molar-refractivity contribution in [3.63, 3.8) is 0 Å². The second-order valence-electron chi connectivity index (χ2n) is 7.42. The van der Waals surface area contributed by atoms with Gasteiger partial charge in [0.05, 0.1) is 4.90 Å². The number of piperazine rings is 1. The zero-order valence-electron chi connectivity index (χ0n) is 16.5. The maximum absolute atomic E-state index is 12.7. The van der Waals surface area contributed by atoms with Gasteiger partial charge in [-0.05, 0) is 45.0 Å². The average molecular weight is 410 g/mol. The molecule has 8 nitrogen and oxygen atoms in total. The molecule has 2 amide bonds. The molecule has 1 N–H and O–H groups in total. The maximum atomic E-state index is 12.7. The third kappa shape index (κ3) is 5.80. The number of amides is 2. The van der Waals surface area contributed by atoms with E-state index in [9.17, 15) is 18.0 Å². The molecular weight excluding hydrogens is 382 g/mol. The number of benzene rings is 1. The van der Waals surface area contributed by atoms with Crippen molar-refractivity contribution in [2.75, 3.05) is 32.7 Å². The summed E-state index contributed by atoms with van der Waals surface area (Å²) < 4.78 is 31.9. The van der Waals surface area contributed by atoms with Crippen LogP contribution in [0.3, 0.4) is 0 Å². The van der Waals surface area contributed by atoms with Gasteiger partial charge >= 0.3 is 6.09 Å². The van der Waals surface area contributed by atoms with Gasteiger partial charge in [0.15, 0.2) is 0 Å². The highest BCUT2D eigenvalue weighted by molar-refractivity contribution is 7.89. The van der Waals surface area contributed by atoms with Crippen molar-refractivity contribution in [1.82, 2.24) is 14.5 Å². The fourth-order valence-electron chi connectivity index (χ4n) is 2.63. The van der Waals surface area contributed by atoms with Crippen molar-refractivity contribution >= 4 is 22.0 Å². The Balaban J connectivity index is 1.97. The van der Waals surface area contributed by atoms with Crippen LogP contribution in [-0.4, -0.2) is 68.5 Å². The summed E-state index contributed by atoms with van der Waals surface area (Å²) in [6, 6.07) is 5.78. The number of carbonyl (C=O) groups is 2. The fraction of sp³-hybridized carbons (Fsp3) is 0.474. The van der Waals surface area contributed by atoms with Crippen LogP contribution in [0.25, 0.3) is 0 Å². The summed E-state index contributed by atoms with van der Waals surface area (Å²) in [7, 11) is -3.63. The van der Waals surface area contributed by atoms with Crippen LogP contribution < -0.4 is 4.72 Å². The molecule has 0 bridgehead atoms. The Labute approximate surface area is 166 Å². The highest BCUT2D eigenvalue weighted by Gasteiger charge is 2.28. The molecule has 1 aliphatic rings.